The van der Waals surface area contributed by atoms with E-state index in [1.54, 1.807) is 6.92 Å². The van der Waals surface area contributed by atoms with E-state index in [2.05, 4.69) is 24.3 Å². The van der Waals surface area contributed by atoms with Gasteiger partial charge in [-0.15, -0.1) is 0 Å². The molecule has 0 saturated heterocycles. The smallest absolute Gasteiger partial charge is 0.151 e. The van der Waals surface area contributed by atoms with Gasteiger partial charge in [0.25, 0.3) is 0 Å². The van der Waals surface area contributed by atoms with Crippen molar-refractivity contribution in [1.29, 1.82) is 0 Å². The molecule has 0 radical (unpaired) electrons. The van der Waals surface area contributed by atoms with Crippen LogP contribution in [0.3, 0.4) is 0 Å². The zero-order valence-electron chi connectivity index (χ0n) is 13.2. The van der Waals surface area contributed by atoms with Gasteiger partial charge in [-0.25, -0.2) is 8.42 Å². The predicted molar refractivity (Wildman–Crippen MR) is 82.6 cm³/mol. The van der Waals surface area contributed by atoms with E-state index < -0.39 is 9.84 Å². The van der Waals surface area contributed by atoms with E-state index in [9.17, 15) is 8.42 Å². The van der Waals surface area contributed by atoms with Crippen molar-refractivity contribution in [3.05, 3.63) is 17.0 Å². The van der Waals surface area contributed by atoms with Gasteiger partial charge in [0.15, 0.2) is 9.84 Å². The Hall–Kier alpha value is -0.880. The molecule has 0 amide bonds. The van der Waals surface area contributed by atoms with Gasteiger partial charge in [0.1, 0.15) is 0 Å². The molecule has 0 fully saturated rings. The first kappa shape index (κ1) is 17.2. The van der Waals surface area contributed by atoms with Crippen molar-refractivity contribution in [3.63, 3.8) is 0 Å². The number of nitrogens with one attached hydrogen (secondary N) is 1. The maximum atomic E-state index is 11.6. The fourth-order valence-electron chi connectivity index (χ4n) is 2.06. The lowest BCUT2D eigenvalue weighted by molar-refractivity contribution is 0.549. The van der Waals surface area contributed by atoms with E-state index in [4.69, 9.17) is 0 Å². The monoisotopic (exact) mass is 301 g/mol. The average molecular weight is 301 g/mol. The third-order valence-electron chi connectivity index (χ3n) is 3.44. The maximum absolute atomic E-state index is 11.6. The Morgan fingerprint density at radius 3 is 2.50 bits per heavy atom. The lowest BCUT2D eigenvalue weighted by Crippen LogP contribution is -2.20. The summed E-state index contributed by atoms with van der Waals surface area (Å²) in [5, 5.41) is 7.87. The molecule has 0 spiro atoms. The van der Waals surface area contributed by atoms with Gasteiger partial charge in [0, 0.05) is 23.6 Å². The van der Waals surface area contributed by atoms with Crippen molar-refractivity contribution in [1.82, 2.24) is 15.1 Å². The fraction of sp³-hybridized carbons (Fsp3) is 0.786. The highest BCUT2D eigenvalue weighted by atomic mass is 32.2. The van der Waals surface area contributed by atoms with Crippen LogP contribution in [-0.4, -0.2) is 36.2 Å². The maximum Gasteiger partial charge on any atom is 0.151 e. The van der Waals surface area contributed by atoms with Crippen molar-refractivity contribution in [2.45, 2.75) is 47.7 Å². The zero-order valence-corrected chi connectivity index (χ0v) is 14.0. The van der Waals surface area contributed by atoms with Gasteiger partial charge in [-0.2, -0.15) is 5.10 Å². The Labute approximate surface area is 122 Å². The average Bonchev–Trinajstić information content (AvgIpc) is 2.63. The number of rotatable bonds is 8. The van der Waals surface area contributed by atoms with E-state index in [1.165, 1.54) is 5.56 Å². The van der Waals surface area contributed by atoms with Crippen LogP contribution in [0.5, 0.6) is 0 Å². The summed E-state index contributed by atoms with van der Waals surface area (Å²) in [7, 11) is -2.94. The Kier molecular flexibility index (Phi) is 6.20. The first-order valence-electron chi connectivity index (χ1n) is 7.20. The van der Waals surface area contributed by atoms with E-state index >= 15 is 0 Å². The van der Waals surface area contributed by atoms with Crippen LogP contribution >= 0.6 is 0 Å². The standard InChI is InChI=1S/C14H27N3O2S/c1-6-20(18,19)8-7-17-13(5)14(12(4)16-17)10-15-9-11(2)3/h11,15H,6-10H2,1-5H3. The summed E-state index contributed by atoms with van der Waals surface area (Å²) < 4.78 is 25.0. The van der Waals surface area contributed by atoms with Crippen LogP contribution in [0.15, 0.2) is 0 Å². The molecule has 20 heavy (non-hydrogen) atoms. The molecule has 0 saturated carbocycles. The minimum absolute atomic E-state index is 0.157. The number of aryl methyl sites for hydroxylation is 2. The van der Waals surface area contributed by atoms with Crippen molar-refractivity contribution in [3.8, 4) is 0 Å². The van der Waals surface area contributed by atoms with Gasteiger partial charge in [0.2, 0.25) is 0 Å². The minimum atomic E-state index is -2.94. The van der Waals surface area contributed by atoms with E-state index in [0.29, 0.717) is 12.5 Å². The van der Waals surface area contributed by atoms with E-state index in [-0.39, 0.29) is 11.5 Å². The molecule has 0 aliphatic heterocycles. The highest BCUT2D eigenvalue weighted by molar-refractivity contribution is 7.91. The van der Waals surface area contributed by atoms with Crippen LogP contribution in [0.4, 0.5) is 0 Å². The van der Waals surface area contributed by atoms with Gasteiger partial charge in [-0.05, 0) is 26.3 Å². The fourth-order valence-corrected chi connectivity index (χ4v) is 2.80. The Balaban J connectivity index is 2.71. The third-order valence-corrected chi connectivity index (χ3v) is 5.12. The topological polar surface area (TPSA) is 64.0 Å². The number of sulfone groups is 1. The largest absolute Gasteiger partial charge is 0.312 e. The molecule has 5 nitrogen and oxygen atoms in total. The molecule has 0 aliphatic carbocycles. The number of hydrogen-bond acceptors (Lipinski definition) is 4. The highest BCUT2D eigenvalue weighted by Gasteiger charge is 2.14. The normalized spacial score (nSPS) is 12.3. The van der Waals surface area contributed by atoms with Crippen LogP contribution in [0.25, 0.3) is 0 Å². The summed E-state index contributed by atoms with van der Waals surface area (Å²) in [4.78, 5) is 0. The van der Waals surface area contributed by atoms with Gasteiger partial charge >= 0.3 is 0 Å². The van der Waals surface area contributed by atoms with Gasteiger partial charge < -0.3 is 5.32 Å². The third kappa shape index (κ3) is 4.90. The van der Waals surface area contributed by atoms with Gasteiger partial charge in [0.05, 0.1) is 18.0 Å². The molecular weight excluding hydrogens is 274 g/mol. The molecule has 1 rings (SSSR count). The molecule has 0 atom stereocenters. The molecule has 1 aromatic rings. The molecule has 0 bridgehead atoms. The first-order chi connectivity index (χ1) is 9.26. The second-order valence-corrected chi connectivity index (χ2v) is 8.11. The molecule has 6 heteroatoms. The molecule has 0 aliphatic rings. The first-order valence-corrected chi connectivity index (χ1v) is 9.03. The lowest BCUT2D eigenvalue weighted by atomic mass is 10.2. The van der Waals surface area contributed by atoms with Crippen LogP contribution in [-0.2, 0) is 22.9 Å². The Morgan fingerprint density at radius 1 is 1.30 bits per heavy atom. The number of nitrogens with zero attached hydrogens (tertiary/aromatic N) is 2. The molecule has 0 unspecified atom stereocenters. The Bertz CT molecular complexity index is 533. The Morgan fingerprint density at radius 2 is 1.95 bits per heavy atom. The quantitative estimate of drug-likeness (QED) is 0.793. The molecule has 116 valence electrons. The summed E-state index contributed by atoms with van der Waals surface area (Å²) in [6.45, 7) is 12.2. The van der Waals surface area contributed by atoms with Crippen molar-refractivity contribution in [2.75, 3.05) is 18.1 Å². The van der Waals surface area contributed by atoms with E-state index in [0.717, 1.165) is 24.5 Å². The molecule has 1 N–H and O–H groups in total. The second kappa shape index (κ2) is 7.22. The summed E-state index contributed by atoms with van der Waals surface area (Å²) in [5.74, 6) is 0.958. The SMILES string of the molecule is CCS(=O)(=O)CCn1nc(C)c(CNCC(C)C)c1C. The molecule has 0 aromatic carbocycles. The van der Waals surface area contributed by atoms with Crippen molar-refractivity contribution >= 4 is 9.84 Å². The van der Waals surface area contributed by atoms with Crippen LogP contribution in [0, 0.1) is 19.8 Å². The van der Waals surface area contributed by atoms with Crippen LogP contribution in [0.2, 0.25) is 0 Å². The highest BCUT2D eigenvalue weighted by Crippen LogP contribution is 2.13. The molecule has 1 aromatic heterocycles. The number of hydrogen-bond donors (Lipinski definition) is 1. The number of aromatic nitrogens is 2. The predicted octanol–water partition coefficient (Wildman–Crippen LogP) is 1.68. The second-order valence-electron chi connectivity index (χ2n) is 5.63. The van der Waals surface area contributed by atoms with Crippen LogP contribution < -0.4 is 5.32 Å². The summed E-state index contributed by atoms with van der Waals surface area (Å²) >= 11 is 0. The minimum Gasteiger partial charge on any atom is -0.312 e. The summed E-state index contributed by atoms with van der Waals surface area (Å²) in [5.41, 5.74) is 3.22. The van der Waals surface area contributed by atoms with Crippen molar-refractivity contribution in [2.24, 2.45) is 5.92 Å². The van der Waals surface area contributed by atoms with Gasteiger partial charge in [-0.3, -0.25) is 4.68 Å². The molecular formula is C14H27N3O2S. The lowest BCUT2D eigenvalue weighted by Gasteiger charge is -2.08. The van der Waals surface area contributed by atoms with Gasteiger partial charge in [-0.1, -0.05) is 20.8 Å². The zero-order chi connectivity index (χ0) is 15.3. The molecule has 1 heterocycles. The van der Waals surface area contributed by atoms with Crippen LogP contribution in [0.1, 0.15) is 37.7 Å². The van der Waals surface area contributed by atoms with Crippen molar-refractivity contribution < 1.29 is 8.42 Å². The summed E-state index contributed by atoms with van der Waals surface area (Å²) in [6, 6.07) is 0. The van der Waals surface area contributed by atoms with E-state index in [1.807, 2.05) is 18.5 Å². The summed E-state index contributed by atoms with van der Waals surface area (Å²) in [6.07, 6.45) is 0.